The van der Waals surface area contributed by atoms with Gasteiger partial charge in [0.1, 0.15) is 11.5 Å². The second-order valence-electron chi connectivity index (χ2n) is 6.13. The fraction of sp³-hybridized carbons (Fsp3) is 0.316. The Morgan fingerprint density at radius 2 is 1.88 bits per heavy atom. The summed E-state index contributed by atoms with van der Waals surface area (Å²) in [6.07, 6.45) is 1.81. The second kappa shape index (κ2) is 8.92. The molecule has 2 N–H and O–H groups in total. The zero-order chi connectivity index (χ0) is 18.2. The van der Waals surface area contributed by atoms with Crippen molar-refractivity contribution in [2.45, 2.75) is 20.3 Å². The molecule has 0 bridgehead atoms. The first-order valence-corrected chi connectivity index (χ1v) is 8.23. The number of hydrogen-bond donors (Lipinski definition) is 2. The monoisotopic (exact) mass is 343 g/mol. The number of pyridine rings is 1. The Morgan fingerprint density at radius 3 is 2.60 bits per heavy atom. The van der Waals surface area contributed by atoms with Crippen molar-refractivity contribution in [3.63, 3.8) is 0 Å². The first-order valence-electron chi connectivity index (χ1n) is 8.23. The lowest BCUT2D eigenvalue weighted by atomic mass is 10.1. The van der Waals surface area contributed by atoms with Crippen LogP contribution in [0.4, 0.5) is 4.39 Å². The van der Waals surface area contributed by atoms with Crippen molar-refractivity contribution in [1.82, 2.24) is 15.6 Å². The maximum atomic E-state index is 13.5. The largest absolute Gasteiger partial charge is 0.352 e. The molecule has 0 atom stereocenters. The summed E-state index contributed by atoms with van der Waals surface area (Å²) >= 11 is 0. The highest BCUT2D eigenvalue weighted by Gasteiger charge is 2.12. The molecule has 132 valence electrons. The van der Waals surface area contributed by atoms with E-state index in [1.807, 2.05) is 13.8 Å². The minimum Gasteiger partial charge on any atom is -0.352 e. The number of rotatable bonds is 7. The summed E-state index contributed by atoms with van der Waals surface area (Å²) in [4.78, 5) is 28.2. The quantitative estimate of drug-likeness (QED) is 0.812. The van der Waals surface area contributed by atoms with Crippen LogP contribution in [0.2, 0.25) is 0 Å². The smallest absolute Gasteiger partial charge is 0.269 e. The van der Waals surface area contributed by atoms with E-state index < -0.39 is 5.91 Å². The number of carbonyl (C=O) groups is 2. The number of amides is 2. The van der Waals surface area contributed by atoms with Crippen molar-refractivity contribution in [1.29, 1.82) is 0 Å². The molecule has 2 aromatic rings. The molecule has 0 spiro atoms. The van der Waals surface area contributed by atoms with Crippen molar-refractivity contribution in [2.24, 2.45) is 5.92 Å². The molecule has 0 aliphatic rings. The van der Waals surface area contributed by atoms with Crippen molar-refractivity contribution >= 4 is 11.8 Å². The van der Waals surface area contributed by atoms with Crippen molar-refractivity contribution in [2.75, 3.05) is 13.1 Å². The maximum absolute atomic E-state index is 13.5. The van der Waals surface area contributed by atoms with Crippen LogP contribution in [-0.2, 0) is 6.42 Å². The van der Waals surface area contributed by atoms with Gasteiger partial charge in [-0.15, -0.1) is 0 Å². The van der Waals surface area contributed by atoms with Crippen LogP contribution >= 0.6 is 0 Å². The minimum atomic E-state index is -0.394. The van der Waals surface area contributed by atoms with Gasteiger partial charge in [0, 0.05) is 24.8 Å². The van der Waals surface area contributed by atoms with Crippen molar-refractivity contribution < 1.29 is 14.0 Å². The minimum absolute atomic E-state index is 0.158. The van der Waals surface area contributed by atoms with Crippen LogP contribution in [0.25, 0.3) is 0 Å². The number of nitrogens with one attached hydrogen (secondary N) is 2. The Labute approximate surface area is 146 Å². The molecule has 5 nitrogen and oxygen atoms in total. The normalized spacial score (nSPS) is 10.6. The highest BCUT2D eigenvalue weighted by molar-refractivity contribution is 5.98. The van der Waals surface area contributed by atoms with Gasteiger partial charge in [-0.05, 0) is 36.1 Å². The Morgan fingerprint density at radius 1 is 1.12 bits per heavy atom. The molecular weight excluding hydrogens is 321 g/mol. The lowest BCUT2D eigenvalue weighted by Crippen LogP contribution is -2.29. The first kappa shape index (κ1) is 18.6. The number of carbonyl (C=O) groups excluding carboxylic acids is 2. The number of nitrogens with zero attached hydrogens (tertiary/aromatic N) is 1. The summed E-state index contributed by atoms with van der Waals surface area (Å²) in [6, 6.07) is 9.45. The molecule has 2 amide bonds. The maximum Gasteiger partial charge on any atom is 0.269 e. The molecule has 1 heterocycles. The van der Waals surface area contributed by atoms with E-state index in [1.54, 1.807) is 24.3 Å². The van der Waals surface area contributed by atoms with E-state index in [1.165, 1.54) is 18.3 Å². The van der Waals surface area contributed by atoms with Crippen LogP contribution in [0.15, 0.2) is 42.6 Å². The SMILES string of the molecule is CC(C)CNC(=O)c1ccnc(C(=O)NCCc2ccccc2F)c1. The van der Waals surface area contributed by atoms with Gasteiger partial charge in [-0.2, -0.15) is 0 Å². The van der Waals surface area contributed by atoms with Gasteiger partial charge in [-0.1, -0.05) is 32.0 Å². The van der Waals surface area contributed by atoms with Crippen LogP contribution in [0.1, 0.15) is 40.3 Å². The van der Waals surface area contributed by atoms with Gasteiger partial charge in [0.05, 0.1) is 0 Å². The highest BCUT2D eigenvalue weighted by Crippen LogP contribution is 2.07. The molecule has 0 saturated carbocycles. The standard InChI is InChI=1S/C19H22FN3O2/c1-13(2)12-23-18(24)15-8-9-21-17(11-15)19(25)22-10-7-14-5-3-4-6-16(14)20/h3-6,8-9,11,13H,7,10,12H2,1-2H3,(H,22,25)(H,23,24). The van der Waals surface area contributed by atoms with E-state index in [4.69, 9.17) is 0 Å². The van der Waals surface area contributed by atoms with Gasteiger partial charge in [-0.25, -0.2) is 4.39 Å². The average molecular weight is 343 g/mol. The lowest BCUT2D eigenvalue weighted by molar-refractivity contribution is 0.0949. The van der Waals surface area contributed by atoms with Gasteiger partial charge >= 0.3 is 0 Å². The van der Waals surface area contributed by atoms with E-state index in [9.17, 15) is 14.0 Å². The average Bonchev–Trinajstić information content (AvgIpc) is 2.61. The topological polar surface area (TPSA) is 71.1 Å². The van der Waals surface area contributed by atoms with Crippen LogP contribution in [0.5, 0.6) is 0 Å². The molecule has 1 aromatic heterocycles. The van der Waals surface area contributed by atoms with Gasteiger partial charge in [-0.3, -0.25) is 14.6 Å². The molecule has 0 unspecified atom stereocenters. The number of hydrogen-bond acceptors (Lipinski definition) is 3. The second-order valence-corrected chi connectivity index (χ2v) is 6.13. The third-order valence-corrected chi connectivity index (χ3v) is 3.56. The van der Waals surface area contributed by atoms with E-state index in [2.05, 4.69) is 15.6 Å². The number of halogens is 1. The summed E-state index contributed by atoms with van der Waals surface area (Å²) in [7, 11) is 0. The Kier molecular flexibility index (Phi) is 6.62. The fourth-order valence-electron chi connectivity index (χ4n) is 2.20. The van der Waals surface area contributed by atoms with E-state index in [0.29, 0.717) is 30.0 Å². The molecule has 6 heteroatoms. The van der Waals surface area contributed by atoms with Gasteiger partial charge in [0.25, 0.3) is 11.8 Å². The van der Waals surface area contributed by atoms with E-state index in [0.717, 1.165) is 0 Å². The fourth-order valence-corrected chi connectivity index (χ4v) is 2.20. The van der Waals surface area contributed by atoms with Gasteiger partial charge in [0.2, 0.25) is 0 Å². The van der Waals surface area contributed by atoms with Crippen molar-refractivity contribution in [3.05, 3.63) is 65.2 Å². The highest BCUT2D eigenvalue weighted by atomic mass is 19.1. The third kappa shape index (κ3) is 5.67. The molecule has 25 heavy (non-hydrogen) atoms. The zero-order valence-corrected chi connectivity index (χ0v) is 14.4. The van der Waals surface area contributed by atoms with E-state index >= 15 is 0 Å². The summed E-state index contributed by atoms with van der Waals surface area (Å²) < 4.78 is 13.5. The van der Waals surface area contributed by atoms with Gasteiger partial charge < -0.3 is 10.6 Å². The Bertz CT molecular complexity index is 747. The summed E-state index contributed by atoms with van der Waals surface area (Å²) in [5.74, 6) is -0.586. The molecule has 0 radical (unpaired) electrons. The molecule has 0 aliphatic heterocycles. The van der Waals surface area contributed by atoms with E-state index in [-0.39, 0.29) is 24.0 Å². The molecular formula is C19H22FN3O2. The Hall–Kier alpha value is -2.76. The van der Waals surface area contributed by atoms with Crippen LogP contribution < -0.4 is 10.6 Å². The predicted molar refractivity (Wildman–Crippen MR) is 93.8 cm³/mol. The molecule has 0 saturated heterocycles. The van der Waals surface area contributed by atoms with Crippen LogP contribution in [0.3, 0.4) is 0 Å². The third-order valence-electron chi connectivity index (χ3n) is 3.56. The first-order chi connectivity index (χ1) is 12.0. The zero-order valence-electron chi connectivity index (χ0n) is 14.4. The summed E-state index contributed by atoms with van der Waals surface area (Å²) in [5, 5.41) is 5.49. The summed E-state index contributed by atoms with van der Waals surface area (Å²) in [5.41, 5.74) is 1.08. The molecule has 2 rings (SSSR count). The van der Waals surface area contributed by atoms with Crippen LogP contribution in [0, 0.1) is 11.7 Å². The summed E-state index contributed by atoms with van der Waals surface area (Å²) in [6.45, 7) is 4.85. The molecule has 0 fully saturated rings. The number of benzene rings is 1. The Balaban J connectivity index is 1.92. The van der Waals surface area contributed by atoms with Gasteiger partial charge in [0.15, 0.2) is 0 Å². The molecule has 0 aliphatic carbocycles. The van der Waals surface area contributed by atoms with Crippen LogP contribution in [-0.4, -0.2) is 29.9 Å². The predicted octanol–water partition coefficient (Wildman–Crippen LogP) is 2.58. The number of aromatic nitrogens is 1. The lowest BCUT2D eigenvalue weighted by Gasteiger charge is -2.09. The molecule has 1 aromatic carbocycles. The van der Waals surface area contributed by atoms with Crippen molar-refractivity contribution in [3.8, 4) is 0 Å².